The van der Waals surface area contributed by atoms with Crippen LogP contribution in [-0.4, -0.2) is 0 Å². The molecule has 0 nitrogen and oxygen atoms in total. The van der Waals surface area contributed by atoms with E-state index < -0.39 is 0 Å². The van der Waals surface area contributed by atoms with Crippen molar-refractivity contribution in [2.24, 2.45) is 0 Å². The van der Waals surface area contributed by atoms with Gasteiger partial charge in [-0.05, 0) is 45.5 Å². The number of benzene rings is 4. The van der Waals surface area contributed by atoms with E-state index in [0.717, 1.165) is 0 Å². The van der Waals surface area contributed by atoms with Crippen LogP contribution in [0.4, 0.5) is 0 Å². The minimum atomic E-state index is 0.123. The summed E-state index contributed by atoms with van der Waals surface area (Å²) in [6.45, 7) is 0. The topological polar surface area (TPSA) is 0 Å². The summed E-state index contributed by atoms with van der Waals surface area (Å²) in [6, 6.07) is 31.5. The Morgan fingerprint density at radius 1 is 0.481 bits per heavy atom. The van der Waals surface area contributed by atoms with E-state index in [-0.39, 0.29) is 10.8 Å². The summed E-state index contributed by atoms with van der Waals surface area (Å²) in [5.41, 5.74) is 3.26. The molecule has 0 heterocycles. The molecule has 0 aliphatic heterocycles. The molecule has 0 saturated heterocycles. The Hall–Kier alpha value is -2.86. The summed E-state index contributed by atoms with van der Waals surface area (Å²) >= 11 is 0. The predicted octanol–water partition coefficient (Wildman–Crippen LogP) is 6.92. The van der Waals surface area contributed by atoms with Crippen molar-refractivity contribution < 1.29 is 0 Å². The van der Waals surface area contributed by atoms with Crippen molar-refractivity contribution in [3.8, 4) is 0 Å². The first kappa shape index (κ1) is 15.2. The van der Waals surface area contributed by atoms with E-state index in [2.05, 4.69) is 97.1 Å². The molecule has 1 saturated carbocycles. The summed E-state index contributed by atoms with van der Waals surface area (Å²) in [5.74, 6) is 0. The van der Waals surface area contributed by atoms with E-state index in [0.29, 0.717) is 0 Å². The number of hydrogen-bond donors (Lipinski definition) is 0. The van der Waals surface area contributed by atoms with E-state index in [1.807, 2.05) is 0 Å². The highest BCUT2D eigenvalue weighted by Gasteiger charge is 2.59. The summed E-state index contributed by atoms with van der Waals surface area (Å²) in [7, 11) is 0. The molecule has 2 unspecified atom stereocenters. The Balaban J connectivity index is 1.65. The van der Waals surface area contributed by atoms with Crippen molar-refractivity contribution >= 4 is 21.5 Å². The van der Waals surface area contributed by atoms with Crippen molar-refractivity contribution in [1.29, 1.82) is 0 Å². The highest BCUT2D eigenvalue weighted by Crippen LogP contribution is 2.64. The first-order chi connectivity index (χ1) is 13.3. The average Bonchev–Trinajstić information content (AvgIpc) is 2.98. The van der Waals surface area contributed by atoms with E-state index in [4.69, 9.17) is 0 Å². The van der Waals surface area contributed by atoms with Gasteiger partial charge >= 0.3 is 0 Å². The largest absolute Gasteiger partial charge is 0.0758 e. The van der Waals surface area contributed by atoms with Crippen LogP contribution in [0, 0.1) is 0 Å². The lowest BCUT2D eigenvalue weighted by Crippen LogP contribution is -2.49. The van der Waals surface area contributed by atoms with Crippen LogP contribution in [0.1, 0.15) is 30.4 Å². The smallest absolute Gasteiger partial charge is 0.0270 e. The Kier molecular flexibility index (Phi) is 3.00. The minimum Gasteiger partial charge on any atom is -0.0758 e. The lowest BCUT2D eigenvalue weighted by molar-refractivity contribution is 0.344. The van der Waals surface area contributed by atoms with E-state index in [1.54, 1.807) is 0 Å². The fourth-order valence-corrected chi connectivity index (χ4v) is 5.90. The van der Waals surface area contributed by atoms with Gasteiger partial charge in [-0.2, -0.15) is 0 Å². The monoisotopic (exact) mass is 346 g/mol. The van der Waals surface area contributed by atoms with Crippen LogP contribution < -0.4 is 0 Å². The maximum atomic E-state index is 2.50. The molecule has 4 aromatic carbocycles. The van der Waals surface area contributed by atoms with Crippen LogP contribution in [0.3, 0.4) is 0 Å². The number of fused-ring (bicyclic) bond motifs is 3. The molecule has 0 radical (unpaired) electrons. The molecule has 0 N–H and O–H groups in total. The number of allylic oxidation sites excluding steroid dienone is 2. The Bertz CT molecular complexity index is 1110. The molecule has 0 aromatic heterocycles. The zero-order valence-corrected chi connectivity index (χ0v) is 15.4. The number of rotatable bonds is 2. The van der Waals surface area contributed by atoms with Gasteiger partial charge in [-0.1, -0.05) is 104 Å². The van der Waals surface area contributed by atoms with Crippen LogP contribution >= 0.6 is 0 Å². The molecule has 2 aliphatic rings. The van der Waals surface area contributed by atoms with Gasteiger partial charge in [0.25, 0.3) is 0 Å². The van der Waals surface area contributed by atoms with Gasteiger partial charge in [-0.3, -0.25) is 0 Å². The molecular weight excluding hydrogens is 324 g/mol. The average molecular weight is 346 g/mol. The standard InChI is InChI=1S/C27H22/c1-3-12-22-20(8-1)10-5-14-24(22)26-16-7-17-27(26,19-18-26)25-15-6-11-21-9-2-4-13-23(21)25/h1-6,8-15,18-19H,7,16-17H2. The molecule has 27 heavy (non-hydrogen) atoms. The zero-order chi connectivity index (χ0) is 17.9. The molecule has 0 spiro atoms. The maximum absolute atomic E-state index is 2.50. The van der Waals surface area contributed by atoms with E-state index in [9.17, 15) is 0 Å². The van der Waals surface area contributed by atoms with Crippen LogP contribution in [0.2, 0.25) is 0 Å². The third kappa shape index (κ3) is 1.83. The molecule has 6 rings (SSSR count). The van der Waals surface area contributed by atoms with Crippen LogP contribution in [0.5, 0.6) is 0 Å². The molecule has 130 valence electrons. The molecular formula is C27H22. The quantitative estimate of drug-likeness (QED) is 0.345. The predicted molar refractivity (Wildman–Crippen MR) is 114 cm³/mol. The van der Waals surface area contributed by atoms with Gasteiger partial charge in [0.1, 0.15) is 0 Å². The molecule has 0 heteroatoms. The summed E-state index contributed by atoms with van der Waals surface area (Å²) < 4.78 is 0. The molecule has 0 amide bonds. The highest BCUT2D eigenvalue weighted by atomic mass is 14.6. The van der Waals surface area contributed by atoms with E-state index in [1.165, 1.54) is 51.9 Å². The summed E-state index contributed by atoms with van der Waals surface area (Å²) in [4.78, 5) is 0. The third-order valence-corrected chi connectivity index (χ3v) is 7.13. The molecule has 1 fully saturated rings. The first-order valence-electron chi connectivity index (χ1n) is 10.0. The third-order valence-electron chi connectivity index (χ3n) is 7.13. The second-order valence-electron chi connectivity index (χ2n) is 8.18. The number of hydrogen-bond acceptors (Lipinski definition) is 0. The van der Waals surface area contributed by atoms with Gasteiger partial charge < -0.3 is 0 Å². The fourth-order valence-electron chi connectivity index (χ4n) is 5.90. The normalized spacial score (nSPS) is 26.2. The van der Waals surface area contributed by atoms with Crippen molar-refractivity contribution in [2.45, 2.75) is 30.1 Å². The lowest BCUT2D eigenvalue weighted by Gasteiger charge is -2.51. The van der Waals surface area contributed by atoms with Crippen LogP contribution in [-0.2, 0) is 10.8 Å². The zero-order valence-electron chi connectivity index (χ0n) is 15.4. The molecule has 2 atom stereocenters. The summed E-state index contributed by atoms with van der Waals surface area (Å²) in [5, 5.41) is 5.53. The van der Waals surface area contributed by atoms with Gasteiger partial charge in [0.15, 0.2) is 0 Å². The van der Waals surface area contributed by atoms with Crippen LogP contribution in [0.25, 0.3) is 21.5 Å². The Morgan fingerprint density at radius 3 is 1.41 bits per heavy atom. The van der Waals surface area contributed by atoms with Gasteiger partial charge in [0, 0.05) is 10.8 Å². The lowest BCUT2D eigenvalue weighted by atomic mass is 9.51. The van der Waals surface area contributed by atoms with E-state index >= 15 is 0 Å². The van der Waals surface area contributed by atoms with Crippen molar-refractivity contribution in [3.63, 3.8) is 0 Å². The Morgan fingerprint density at radius 2 is 0.926 bits per heavy atom. The van der Waals surface area contributed by atoms with Gasteiger partial charge in [0.2, 0.25) is 0 Å². The van der Waals surface area contributed by atoms with Crippen molar-refractivity contribution in [3.05, 3.63) is 108 Å². The second-order valence-corrected chi connectivity index (χ2v) is 8.18. The fraction of sp³-hybridized carbons (Fsp3) is 0.185. The van der Waals surface area contributed by atoms with Gasteiger partial charge in [0.05, 0.1) is 0 Å². The molecule has 0 bridgehead atoms. The highest BCUT2D eigenvalue weighted by molar-refractivity contribution is 5.91. The molecule has 4 aromatic rings. The molecule has 2 aliphatic carbocycles. The maximum Gasteiger partial charge on any atom is 0.0270 e. The van der Waals surface area contributed by atoms with Crippen molar-refractivity contribution in [2.75, 3.05) is 0 Å². The van der Waals surface area contributed by atoms with Crippen molar-refractivity contribution in [1.82, 2.24) is 0 Å². The Labute approximate surface area is 160 Å². The van der Waals surface area contributed by atoms with Gasteiger partial charge in [-0.25, -0.2) is 0 Å². The van der Waals surface area contributed by atoms with Crippen LogP contribution in [0.15, 0.2) is 97.1 Å². The first-order valence-corrected chi connectivity index (χ1v) is 10.0. The summed E-state index contributed by atoms with van der Waals surface area (Å²) in [6.07, 6.45) is 8.76. The minimum absolute atomic E-state index is 0.123. The second kappa shape index (κ2) is 5.33. The van der Waals surface area contributed by atoms with Gasteiger partial charge in [-0.15, -0.1) is 0 Å². The SMILES string of the molecule is C1=CC2(c3cccc4ccccc34)CCCC12c1cccc2ccccc12.